The third kappa shape index (κ3) is 3.47. The molecule has 0 N–H and O–H groups in total. The summed E-state index contributed by atoms with van der Waals surface area (Å²) < 4.78 is 0. The van der Waals surface area contributed by atoms with Gasteiger partial charge in [0.15, 0.2) is 0 Å². The van der Waals surface area contributed by atoms with Crippen LogP contribution in [0.5, 0.6) is 0 Å². The largest absolute Gasteiger partial charge is 0.338 e. The van der Waals surface area contributed by atoms with E-state index < -0.39 is 0 Å². The summed E-state index contributed by atoms with van der Waals surface area (Å²) in [4.78, 5) is 23.6. The van der Waals surface area contributed by atoms with Gasteiger partial charge in [-0.2, -0.15) is 0 Å². The van der Waals surface area contributed by atoms with Gasteiger partial charge in [0.05, 0.1) is 11.2 Å². The second-order valence-electron chi connectivity index (χ2n) is 5.50. The van der Waals surface area contributed by atoms with E-state index >= 15 is 0 Å². The lowest BCUT2D eigenvalue weighted by Gasteiger charge is -2.31. The molecule has 110 valence electrons. The predicted octanol–water partition coefficient (Wildman–Crippen LogP) is 2.94. The molecular formula is C16H19N3OS. The number of hydrogen-bond acceptors (Lipinski definition) is 4. The van der Waals surface area contributed by atoms with E-state index in [0.717, 1.165) is 47.9 Å². The molecule has 0 bridgehead atoms. The topological polar surface area (TPSA) is 46.1 Å². The summed E-state index contributed by atoms with van der Waals surface area (Å²) in [6, 6.07) is 6.06. The maximum absolute atomic E-state index is 12.4. The molecular weight excluding hydrogens is 282 g/mol. The first kappa shape index (κ1) is 14.2. The summed E-state index contributed by atoms with van der Waals surface area (Å²) in [5, 5.41) is 0.948. The maximum Gasteiger partial charge on any atom is 0.265 e. The van der Waals surface area contributed by atoms with Gasteiger partial charge in [0.1, 0.15) is 4.88 Å². The van der Waals surface area contributed by atoms with Crippen molar-refractivity contribution in [3.8, 4) is 0 Å². The minimum Gasteiger partial charge on any atom is -0.338 e. The monoisotopic (exact) mass is 301 g/mol. The van der Waals surface area contributed by atoms with Crippen LogP contribution in [0.1, 0.15) is 33.2 Å². The molecule has 1 aliphatic heterocycles. The van der Waals surface area contributed by atoms with E-state index in [-0.39, 0.29) is 5.91 Å². The van der Waals surface area contributed by atoms with Crippen LogP contribution in [0.3, 0.4) is 0 Å². The number of nitrogens with zero attached hydrogens (tertiary/aromatic N) is 3. The van der Waals surface area contributed by atoms with Crippen LogP contribution in [-0.4, -0.2) is 33.9 Å². The number of aryl methyl sites for hydroxylation is 1. The number of aromatic nitrogens is 2. The Morgan fingerprint density at radius 3 is 2.76 bits per heavy atom. The van der Waals surface area contributed by atoms with Crippen molar-refractivity contribution in [2.45, 2.75) is 26.2 Å². The van der Waals surface area contributed by atoms with Gasteiger partial charge in [0.2, 0.25) is 0 Å². The number of carbonyl (C=O) groups excluding carboxylic acids is 1. The predicted molar refractivity (Wildman–Crippen MR) is 83.4 cm³/mol. The Morgan fingerprint density at radius 2 is 2.14 bits per heavy atom. The maximum atomic E-state index is 12.4. The van der Waals surface area contributed by atoms with Crippen molar-refractivity contribution in [2.75, 3.05) is 13.1 Å². The highest BCUT2D eigenvalue weighted by Gasteiger charge is 2.24. The van der Waals surface area contributed by atoms with E-state index in [4.69, 9.17) is 0 Å². The van der Waals surface area contributed by atoms with Gasteiger partial charge in [-0.3, -0.25) is 9.78 Å². The van der Waals surface area contributed by atoms with E-state index in [9.17, 15) is 4.79 Å². The minimum atomic E-state index is 0.136. The number of carbonyl (C=O) groups is 1. The van der Waals surface area contributed by atoms with Crippen LogP contribution in [0.25, 0.3) is 0 Å². The number of hydrogen-bond donors (Lipinski definition) is 0. The SMILES string of the molecule is Cc1ncc(C(=O)N2CCC(Cc3ccccn3)CC2)s1. The fraction of sp³-hybridized carbons (Fsp3) is 0.438. The van der Waals surface area contributed by atoms with Crippen molar-refractivity contribution >= 4 is 17.2 Å². The number of thiazole rings is 1. The van der Waals surface area contributed by atoms with Crippen LogP contribution in [0.2, 0.25) is 0 Å². The highest BCUT2D eigenvalue weighted by atomic mass is 32.1. The first-order valence-corrected chi connectivity index (χ1v) is 8.15. The Morgan fingerprint density at radius 1 is 1.33 bits per heavy atom. The van der Waals surface area contributed by atoms with Gasteiger partial charge >= 0.3 is 0 Å². The van der Waals surface area contributed by atoms with E-state index in [2.05, 4.69) is 16.0 Å². The van der Waals surface area contributed by atoms with Crippen molar-refractivity contribution in [1.82, 2.24) is 14.9 Å². The molecule has 1 aliphatic rings. The van der Waals surface area contributed by atoms with Crippen LogP contribution < -0.4 is 0 Å². The fourth-order valence-electron chi connectivity index (χ4n) is 2.77. The molecule has 1 fully saturated rings. The van der Waals surface area contributed by atoms with Gasteiger partial charge in [0, 0.05) is 25.0 Å². The van der Waals surface area contributed by atoms with Crippen molar-refractivity contribution in [3.05, 3.63) is 46.2 Å². The standard InChI is InChI=1S/C16H19N3OS/c1-12-18-11-15(21-12)16(20)19-8-5-13(6-9-19)10-14-4-2-3-7-17-14/h2-4,7,11,13H,5-6,8-10H2,1H3. The molecule has 2 aromatic rings. The lowest BCUT2D eigenvalue weighted by molar-refractivity contribution is 0.0695. The third-order valence-electron chi connectivity index (χ3n) is 3.96. The molecule has 5 heteroatoms. The molecule has 0 unspecified atom stereocenters. The zero-order valence-electron chi connectivity index (χ0n) is 12.2. The quantitative estimate of drug-likeness (QED) is 0.875. The molecule has 0 aromatic carbocycles. The Labute approximate surface area is 128 Å². The van der Waals surface area contributed by atoms with Crippen LogP contribution in [-0.2, 0) is 6.42 Å². The highest BCUT2D eigenvalue weighted by molar-refractivity contribution is 7.13. The highest BCUT2D eigenvalue weighted by Crippen LogP contribution is 2.23. The Kier molecular flexibility index (Phi) is 4.29. The van der Waals surface area contributed by atoms with Crippen molar-refractivity contribution < 1.29 is 4.79 Å². The van der Waals surface area contributed by atoms with E-state index in [0.29, 0.717) is 5.92 Å². The van der Waals surface area contributed by atoms with Crippen LogP contribution in [0.15, 0.2) is 30.6 Å². The Hall–Kier alpha value is -1.75. The molecule has 0 saturated carbocycles. The molecule has 2 aromatic heterocycles. The average Bonchev–Trinajstić information content (AvgIpc) is 2.95. The van der Waals surface area contributed by atoms with Gasteiger partial charge in [-0.1, -0.05) is 6.07 Å². The lowest BCUT2D eigenvalue weighted by Crippen LogP contribution is -2.38. The molecule has 0 atom stereocenters. The van der Waals surface area contributed by atoms with Gasteiger partial charge < -0.3 is 4.90 Å². The van der Waals surface area contributed by atoms with Gasteiger partial charge in [-0.15, -0.1) is 11.3 Å². The zero-order valence-corrected chi connectivity index (χ0v) is 13.0. The van der Waals surface area contributed by atoms with Crippen molar-refractivity contribution in [1.29, 1.82) is 0 Å². The molecule has 1 saturated heterocycles. The molecule has 3 rings (SSSR count). The molecule has 1 amide bonds. The fourth-order valence-corrected chi connectivity index (χ4v) is 3.52. The molecule has 3 heterocycles. The number of piperidine rings is 1. The minimum absolute atomic E-state index is 0.136. The van der Waals surface area contributed by atoms with Gasteiger partial charge in [-0.05, 0) is 44.2 Å². The van der Waals surface area contributed by atoms with Crippen LogP contribution >= 0.6 is 11.3 Å². The zero-order chi connectivity index (χ0) is 14.7. The number of pyridine rings is 1. The summed E-state index contributed by atoms with van der Waals surface area (Å²) in [7, 11) is 0. The summed E-state index contributed by atoms with van der Waals surface area (Å²) in [6.07, 6.45) is 6.67. The van der Waals surface area contributed by atoms with E-state index in [1.54, 1.807) is 6.20 Å². The molecule has 0 spiro atoms. The second kappa shape index (κ2) is 6.35. The molecule has 4 nitrogen and oxygen atoms in total. The van der Waals surface area contributed by atoms with Crippen LogP contribution in [0, 0.1) is 12.8 Å². The van der Waals surface area contributed by atoms with Gasteiger partial charge in [-0.25, -0.2) is 4.98 Å². The lowest BCUT2D eigenvalue weighted by atomic mass is 9.92. The number of amides is 1. The van der Waals surface area contributed by atoms with E-state index in [1.807, 2.05) is 30.2 Å². The third-order valence-corrected chi connectivity index (χ3v) is 4.86. The molecule has 21 heavy (non-hydrogen) atoms. The number of rotatable bonds is 3. The normalized spacial score (nSPS) is 16.1. The van der Waals surface area contributed by atoms with Crippen molar-refractivity contribution in [3.63, 3.8) is 0 Å². The van der Waals surface area contributed by atoms with Gasteiger partial charge in [0.25, 0.3) is 5.91 Å². The second-order valence-corrected chi connectivity index (χ2v) is 6.74. The van der Waals surface area contributed by atoms with E-state index in [1.165, 1.54) is 11.3 Å². The Bertz CT molecular complexity index is 603. The molecule has 0 aliphatic carbocycles. The van der Waals surface area contributed by atoms with Crippen LogP contribution in [0.4, 0.5) is 0 Å². The average molecular weight is 301 g/mol. The summed E-state index contributed by atoms with van der Waals surface area (Å²) >= 11 is 1.48. The molecule has 0 radical (unpaired) electrons. The van der Waals surface area contributed by atoms with Crippen molar-refractivity contribution in [2.24, 2.45) is 5.92 Å². The first-order valence-electron chi connectivity index (χ1n) is 7.34. The Balaban J connectivity index is 1.54. The summed E-state index contributed by atoms with van der Waals surface area (Å²) in [5.41, 5.74) is 1.15. The number of likely N-dealkylation sites (tertiary alicyclic amines) is 1. The first-order chi connectivity index (χ1) is 10.2. The summed E-state index contributed by atoms with van der Waals surface area (Å²) in [6.45, 7) is 3.61. The summed E-state index contributed by atoms with van der Waals surface area (Å²) in [5.74, 6) is 0.768. The smallest absolute Gasteiger partial charge is 0.265 e.